The molecule has 0 aromatic heterocycles. The van der Waals surface area contributed by atoms with Gasteiger partial charge in [0.2, 0.25) is 23.6 Å². The molecule has 1 rings (SSSR count). The van der Waals surface area contributed by atoms with Crippen molar-refractivity contribution < 1.29 is 24.0 Å². The summed E-state index contributed by atoms with van der Waals surface area (Å²) in [5.74, 6) is -2.05. The number of benzene rings is 1. The summed E-state index contributed by atoms with van der Waals surface area (Å²) in [5, 5.41) is 12.9. The summed E-state index contributed by atoms with van der Waals surface area (Å²) in [6, 6.07) is 8.14. The van der Waals surface area contributed by atoms with Gasteiger partial charge in [0.05, 0.1) is 30.2 Å². The largest absolute Gasteiger partial charge is 0.347 e. The van der Waals surface area contributed by atoms with Crippen molar-refractivity contribution in [2.24, 2.45) is 0 Å². The van der Waals surface area contributed by atoms with Crippen molar-refractivity contribution in [2.45, 2.75) is 36.8 Å². The smallest absolute Gasteiger partial charge is 0.243 e. The van der Waals surface area contributed by atoms with Crippen LogP contribution in [0.25, 0.3) is 0 Å². The van der Waals surface area contributed by atoms with E-state index in [1.54, 1.807) is 6.92 Å². The lowest BCUT2D eigenvalue weighted by atomic mass is 10.1. The van der Waals surface area contributed by atoms with Gasteiger partial charge < -0.3 is 21.3 Å². The van der Waals surface area contributed by atoms with E-state index in [0.717, 1.165) is 5.56 Å². The zero-order valence-electron chi connectivity index (χ0n) is 18.2. The number of nitrogens with one attached hydrogen (secondary N) is 5. The molecule has 176 valence electrons. The van der Waals surface area contributed by atoms with Gasteiger partial charge in [0.1, 0.15) is 6.04 Å². The molecular formula is C21H30IN5O5. The lowest BCUT2D eigenvalue weighted by molar-refractivity contribution is -0.131. The third kappa shape index (κ3) is 12.3. The maximum absolute atomic E-state index is 12.6. The number of carbonyl (C=O) groups is 5. The van der Waals surface area contributed by atoms with Crippen LogP contribution in [-0.4, -0.2) is 65.7 Å². The van der Waals surface area contributed by atoms with Crippen LogP contribution < -0.4 is 26.6 Å². The second-order valence-corrected chi connectivity index (χ2v) is 8.84. The Morgan fingerprint density at radius 2 is 1.44 bits per heavy atom. The zero-order chi connectivity index (χ0) is 23.9. The second-order valence-electron chi connectivity index (χ2n) is 6.97. The standard InChI is InChI=1S/C21H30IN5O5/c1-3-16(28)10-24-19(30)12-26-21(32)17(9-15-7-5-4-6-8-15)27-20(31)13-25-18(29)11-23-14(2)22/h4-8,14,17,23H,3,9-13H2,1-2H3,(H,24,30)(H,25,29)(H,26,32)(H,27,31)/t14?,17-/m0/s1. The van der Waals surface area contributed by atoms with Gasteiger partial charge in [0, 0.05) is 12.8 Å². The average molecular weight is 559 g/mol. The fourth-order valence-corrected chi connectivity index (χ4v) is 2.67. The molecule has 0 aliphatic heterocycles. The van der Waals surface area contributed by atoms with Gasteiger partial charge in [-0.3, -0.25) is 29.3 Å². The van der Waals surface area contributed by atoms with Crippen molar-refractivity contribution in [1.82, 2.24) is 26.6 Å². The molecule has 0 aliphatic carbocycles. The fraction of sp³-hybridized carbons (Fsp3) is 0.476. The zero-order valence-corrected chi connectivity index (χ0v) is 20.4. The molecule has 0 bridgehead atoms. The Balaban J connectivity index is 2.62. The maximum atomic E-state index is 12.6. The van der Waals surface area contributed by atoms with Gasteiger partial charge in [-0.25, -0.2) is 0 Å². The Kier molecular flexibility index (Phi) is 13.1. The Labute approximate surface area is 201 Å². The van der Waals surface area contributed by atoms with Gasteiger partial charge in [-0.15, -0.1) is 0 Å². The molecule has 4 amide bonds. The summed E-state index contributed by atoms with van der Waals surface area (Å²) in [5.41, 5.74) is 0.815. The molecule has 1 unspecified atom stereocenters. The lowest BCUT2D eigenvalue weighted by Crippen LogP contribution is -2.52. The summed E-state index contributed by atoms with van der Waals surface area (Å²) in [6.45, 7) is 2.94. The van der Waals surface area contributed by atoms with Crippen molar-refractivity contribution in [1.29, 1.82) is 0 Å². The number of hydrogen-bond acceptors (Lipinski definition) is 6. The summed E-state index contributed by atoms with van der Waals surface area (Å²) < 4.78 is 0.100. The molecule has 0 heterocycles. The van der Waals surface area contributed by atoms with Crippen LogP contribution in [0.5, 0.6) is 0 Å². The number of halogens is 1. The van der Waals surface area contributed by atoms with E-state index in [1.165, 1.54) is 0 Å². The van der Waals surface area contributed by atoms with E-state index in [4.69, 9.17) is 0 Å². The molecule has 0 spiro atoms. The minimum Gasteiger partial charge on any atom is -0.347 e. The maximum Gasteiger partial charge on any atom is 0.243 e. The first-order chi connectivity index (χ1) is 15.2. The van der Waals surface area contributed by atoms with Crippen LogP contribution in [0.15, 0.2) is 30.3 Å². The highest BCUT2D eigenvalue weighted by atomic mass is 127. The monoisotopic (exact) mass is 559 g/mol. The summed E-state index contributed by atoms with van der Waals surface area (Å²) >= 11 is 2.11. The molecule has 11 heteroatoms. The van der Waals surface area contributed by atoms with E-state index in [2.05, 4.69) is 49.2 Å². The summed E-state index contributed by atoms with van der Waals surface area (Å²) in [6.07, 6.45) is 0.512. The van der Waals surface area contributed by atoms with Gasteiger partial charge in [-0.2, -0.15) is 0 Å². The first kappa shape index (κ1) is 27.5. The molecule has 0 saturated heterocycles. The molecule has 0 aliphatic rings. The number of ketones is 1. The second kappa shape index (κ2) is 15.3. The van der Waals surface area contributed by atoms with Crippen LogP contribution in [0, 0.1) is 0 Å². The summed E-state index contributed by atoms with van der Waals surface area (Å²) in [4.78, 5) is 59.8. The van der Waals surface area contributed by atoms with Crippen LogP contribution >= 0.6 is 22.6 Å². The normalized spacial score (nSPS) is 12.2. The number of carbonyl (C=O) groups excluding carboxylic acids is 5. The molecule has 1 aromatic rings. The Morgan fingerprint density at radius 1 is 0.844 bits per heavy atom. The molecule has 0 saturated carbocycles. The molecule has 5 N–H and O–H groups in total. The fourth-order valence-electron chi connectivity index (χ4n) is 2.45. The number of amides is 4. The van der Waals surface area contributed by atoms with Gasteiger partial charge >= 0.3 is 0 Å². The first-order valence-electron chi connectivity index (χ1n) is 10.2. The first-order valence-corrected chi connectivity index (χ1v) is 11.5. The predicted octanol–water partition coefficient (Wildman–Crippen LogP) is -0.588. The van der Waals surface area contributed by atoms with Crippen molar-refractivity contribution in [3.63, 3.8) is 0 Å². The van der Waals surface area contributed by atoms with Crippen LogP contribution in [0.4, 0.5) is 0 Å². The van der Waals surface area contributed by atoms with E-state index in [9.17, 15) is 24.0 Å². The van der Waals surface area contributed by atoms with Crippen molar-refractivity contribution in [3.05, 3.63) is 35.9 Å². The van der Waals surface area contributed by atoms with Crippen LogP contribution in [0.3, 0.4) is 0 Å². The van der Waals surface area contributed by atoms with Crippen molar-refractivity contribution in [2.75, 3.05) is 26.2 Å². The van der Waals surface area contributed by atoms with Crippen molar-refractivity contribution >= 4 is 52.0 Å². The van der Waals surface area contributed by atoms with E-state index in [-0.39, 0.29) is 48.3 Å². The molecular weight excluding hydrogens is 529 g/mol. The lowest BCUT2D eigenvalue weighted by Gasteiger charge is -2.19. The van der Waals surface area contributed by atoms with Crippen LogP contribution in [0.2, 0.25) is 0 Å². The van der Waals surface area contributed by atoms with Crippen molar-refractivity contribution in [3.8, 4) is 0 Å². The summed E-state index contributed by atoms with van der Waals surface area (Å²) in [7, 11) is 0. The third-order valence-corrected chi connectivity index (χ3v) is 4.67. The van der Waals surface area contributed by atoms with E-state index in [0.29, 0.717) is 6.42 Å². The predicted molar refractivity (Wildman–Crippen MR) is 128 cm³/mol. The molecule has 0 radical (unpaired) electrons. The van der Waals surface area contributed by atoms with Crippen LogP contribution in [0.1, 0.15) is 25.8 Å². The number of rotatable bonds is 14. The number of hydrogen-bond donors (Lipinski definition) is 5. The van der Waals surface area contributed by atoms with E-state index in [1.807, 2.05) is 37.3 Å². The minimum atomic E-state index is -0.945. The van der Waals surface area contributed by atoms with Gasteiger partial charge in [-0.05, 0) is 12.5 Å². The van der Waals surface area contributed by atoms with E-state index < -0.39 is 23.8 Å². The highest BCUT2D eigenvalue weighted by Gasteiger charge is 2.22. The average Bonchev–Trinajstić information content (AvgIpc) is 2.78. The highest BCUT2D eigenvalue weighted by molar-refractivity contribution is 14.1. The Morgan fingerprint density at radius 3 is 2.06 bits per heavy atom. The van der Waals surface area contributed by atoms with Gasteiger partial charge in [0.15, 0.2) is 5.78 Å². The molecule has 32 heavy (non-hydrogen) atoms. The van der Waals surface area contributed by atoms with Crippen LogP contribution in [-0.2, 0) is 30.4 Å². The van der Waals surface area contributed by atoms with E-state index >= 15 is 0 Å². The van der Waals surface area contributed by atoms with Gasteiger partial charge in [-0.1, -0.05) is 59.8 Å². The Hall–Kier alpha value is -2.54. The topological polar surface area (TPSA) is 146 Å². The molecule has 1 aromatic carbocycles. The molecule has 2 atom stereocenters. The quantitative estimate of drug-likeness (QED) is 0.117. The SMILES string of the molecule is CCC(=O)CNC(=O)CNC(=O)[C@H](Cc1ccccc1)NC(=O)CNC(=O)CNC(C)I. The highest BCUT2D eigenvalue weighted by Crippen LogP contribution is 2.03. The van der Waals surface area contributed by atoms with Gasteiger partial charge in [0.25, 0.3) is 0 Å². The molecule has 0 fully saturated rings. The Bertz CT molecular complexity index is 788. The molecule has 10 nitrogen and oxygen atoms in total. The number of Topliss-reactive ketones (excluding diaryl/α,β-unsaturated/α-hetero) is 1. The minimum absolute atomic E-state index is 0.0704. The third-order valence-electron chi connectivity index (χ3n) is 4.22. The number of alkyl halides is 1.